The van der Waals surface area contributed by atoms with Crippen LogP contribution in [-0.4, -0.2) is 9.97 Å². The van der Waals surface area contributed by atoms with Crippen LogP contribution in [0.4, 0.5) is 0 Å². The molecular formula is C15H8N2OS. The molecule has 0 radical (unpaired) electrons. The molecule has 1 aromatic carbocycles. The SMILES string of the molecule is O=c1c2cccnc2sc2c1ccc1cccnc12. The molecule has 0 N–H and O–H groups in total. The molecule has 90 valence electrons. The highest BCUT2D eigenvalue weighted by Crippen LogP contribution is 2.28. The van der Waals surface area contributed by atoms with Gasteiger partial charge in [0.2, 0.25) is 0 Å². The molecule has 0 spiro atoms. The summed E-state index contributed by atoms with van der Waals surface area (Å²) in [5, 5.41) is 2.44. The molecule has 3 nitrogen and oxygen atoms in total. The molecular weight excluding hydrogens is 256 g/mol. The second kappa shape index (κ2) is 3.83. The van der Waals surface area contributed by atoms with Gasteiger partial charge in [0, 0.05) is 23.2 Å². The Labute approximate surface area is 112 Å². The van der Waals surface area contributed by atoms with E-state index in [1.165, 1.54) is 11.3 Å². The summed E-state index contributed by atoms with van der Waals surface area (Å²) < 4.78 is 0.911. The van der Waals surface area contributed by atoms with Gasteiger partial charge < -0.3 is 0 Å². The first-order valence-corrected chi connectivity index (χ1v) is 6.71. The summed E-state index contributed by atoms with van der Waals surface area (Å²) in [5.41, 5.74) is 0.902. The van der Waals surface area contributed by atoms with Crippen molar-refractivity contribution in [3.8, 4) is 0 Å². The van der Waals surface area contributed by atoms with Crippen molar-refractivity contribution in [3.63, 3.8) is 0 Å². The van der Waals surface area contributed by atoms with Gasteiger partial charge in [-0.2, -0.15) is 0 Å². The highest BCUT2D eigenvalue weighted by atomic mass is 32.1. The molecule has 0 atom stereocenters. The van der Waals surface area contributed by atoms with Crippen molar-refractivity contribution in [2.45, 2.75) is 0 Å². The van der Waals surface area contributed by atoms with Crippen molar-refractivity contribution in [2.24, 2.45) is 0 Å². The molecule has 0 amide bonds. The first-order chi connectivity index (χ1) is 9.34. The lowest BCUT2D eigenvalue weighted by Gasteiger charge is -2.03. The van der Waals surface area contributed by atoms with Crippen LogP contribution in [0.25, 0.3) is 31.2 Å². The number of hydrogen-bond acceptors (Lipinski definition) is 4. The number of hydrogen-bond donors (Lipinski definition) is 0. The van der Waals surface area contributed by atoms with Gasteiger partial charge in [0.25, 0.3) is 0 Å². The lowest BCUT2D eigenvalue weighted by Crippen LogP contribution is -2.01. The number of aromatic nitrogens is 2. The van der Waals surface area contributed by atoms with E-state index in [4.69, 9.17) is 0 Å². The summed E-state index contributed by atoms with van der Waals surface area (Å²) >= 11 is 1.52. The number of benzene rings is 1. The molecule has 19 heavy (non-hydrogen) atoms. The Hall–Kier alpha value is -2.33. The largest absolute Gasteiger partial charge is 0.288 e. The molecule has 0 aliphatic heterocycles. The average Bonchev–Trinajstić information content (AvgIpc) is 2.47. The van der Waals surface area contributed by atoms with E-state index in [-0.39, 0.29) is 5.43 Å². The summed E-state index contributed by atoms with van der Waals surface area (Å²) in [4.78, 5) is 21.9. The monoisotopic (exact) mass is 264 g/mol. The highest BCUT2D eigenvalue weighted by molar-refractivity contribution is 7.25. The maximum absolute atomic E-state index is 12.5. The van der Waals surface area contributed by atoms with Gasteiger partial charge in [-0.25, -0.2) is 4.98 Å². The average molecular weight is 264 g/mol. The summed E-state index contributed by atoms with van der Waals surface area (Å²) in [7, 11) is 0. The quantitative estimate of drug-likeness (QED) is 0.361. The Morgan fingerprint density at radius 2 is 1.74 bits per heavy atom. The lowest BCUT2D eigenvalue weighted by molar-refractivity contribution is 1.43. The summed E-state index contributed by atoms with van der Waals surface area (Å²) in [6, 6.07) is 11.3. The third-order valence-electron chi connectivity index (χ3n) is 3.19. The molecule has 0 bridgehead atoms. The Morgan fingerprint density at radius 3 is 2.68 bits per heavy atom. The van der Waals surface area contributed by atoms with Crippen LogP contribution >= 0.6 is 11.3 Å². The van der Waals surface area contributed by atoms with Gasteiger partial charge in [-0.3, -0.25) is 9.78 Å². The fourth-order valence-corrected chi connectivity index (χ4v) is 3.40. The summed E-state index contributed by atoms with van der Waals surface area (Å²) in [5.74, 6) is 0. The molecule has 3 aromatic heterocycles. The fraction of sp³-hybridized carbons (Fsp3) is 0. The summed E-state index contributed by atoms with van der Waals surface area (Å²) in [6.07, 6.45) is 3.46. The van der Waals surface area contributed by atoms with Crippen molar-refractivity contribution in [1.82, 2.24) is 9.97 Å². The zero-order valence-corrected chi connectivity index (χ0v) is 10.6. The highest BCUT2D eigenvalue weighted by Gasteiger charge is 2.09. The predicted octanol–water partition coefficient (Wildman–Crippen LogP) is 3.36. The van der Waals surface area contributed by atoms with E-state index >= 15 is 0 Å². The molecule has 3 heterocycles. The van der Waals surface area contributed by atoms with E-state index in [1.807, 2.05) is 30.3 Å². The van der Waals surface area contributed by atoms with Crippen LogP contribution < -0.4 is 5.43 Å². The second-order valence-corrected chi connectivity index (χ2v) is 5.30. The van der Waals surface area contributed by atoms with Crippen LogP contribution in [0.5, 0.6) is 0 Å². The van der Waals surface area contributed by atoms with Crippen LogP contribution in [0.3, 0.4) is 0 Å². The molecule has 0 fully saturated rings. The van der Waals surface area contributed by atoms with Crippen LogP contribution in [0.2, 0.25) is 0 Å². The second-order valence-electron chi connectivity index (χ2n) is 4.30. The zero-order valence-electron chi connectivity index (χ0n) is 9.83. The Kier molecular flexibility index (Phi) is 2.13. The number of fused-ring (bicyclic) bond motifs is 4. The Bertz CT molecular complexity index is 991. The third kappa shape index (κ3) is 1.47. The molecule has 4 heteroatoms. The third-order valence-corrected chi connectivity index (χ3v) is 4.32. The van der Waals surface area contributed by atoms with Gasteiger partial charge in [0.15, 0.2) is 5.43 Å². The van der Waals surface area contributed by atoms with Crippen LogP contribution in [-0.2, 0) is 0 Å². The van der Waals surface area contributed by atoms with E-state index in [9.17, 15) is 4.79 Å². The standard InChI is InChI=1S/C15H8N2OS/c18-13-10-6-5-9-3-1-7-16-12(9)14(10)19-15-11(13)4-2-8-17-15/h1-8H. The Balaban J connectivity index is 2.36. The van der Waals surface area contributed by atoms with Crippen LogP contribution in [0.1, 0.15) is 0 Å². The topological polar surface area (TPSA) is 42.9 Å². The smallest absolute Gasteiger partial charge is 0.197 e. The van der Waals surface area contributed by atoms with Crippen molar-refractivity contribution >= 4 is 42.5 Å². The minimum absolute atomic E-state index is 0.0319. The van der Waals surface area contributed by atoms with Crippen molar-refractivity contribution < 1.29 is 0 Å². The van der Waals surface area contributed by atoms with Crippen LogP contribution in [0, 0.1) is 0 Å². The van der Waals surface area contributed by atoms with Gasteiger partial charge >= 0.3 is 0 Å². The number of rotatable bonds is 0. The van der Waals surface area contributed by atoms with Gasteiger partial charge in [-0.1, -0.05) is 12.1 Å². The Morgan fingerprint density at radius 1 is 0.895 bits per heavy atom. The maximum Gasteiger partial charge on any atom is 0.197 e. The molecule has 0 saturated carbocycles. The molecule has 4 rings (SSSR count). The van der Waals surface area contributed by atoms with E-state index in [1.54, 1.807) is 18.5 Å². The van der Waals surface area contributed by atoms with Gasteiger partial charge in [0.05, 0.1) is 15.6 Å². The normalized spacial score (nSPS) is 11.4. The van der Waals surface area contributed by atoms with Crippen molar-refractivity contribution in [2.75, 3.05) is 0 Å². The minimum Gasteiger partial charge on any atom is -0.288 e. The number of pyridine rings is 2. The molecule has 0 saturated heterocycles. The first kappa shape index (κ1) is 10.6. The predicted molar refractivity (Wildman–Crippen MR) is 78.7 cm³/mol. The zero-order chi connectivity index (χ0) is 12.8. The molecule has 0 unspecified atom stereocenters. The van der Waals surface area contributed by atoms with Crippen LogP contribution in [0.15, 0.2) is 53.6 Å². The number of nitrogens with zero attached hydrogens (tertiary/aromatic N) is 2. The van der Waals surface area contributed by atoms with E-state index in [0.717, 1.165) is 25.8 Å². The van der Waals surface area contributed by atoms with Crippen molar-refractivity contribution in [3.05, 3.63) is 59.0 Å². The molecule has 4 aromatic rings. The van der Waals surface area contributed by atoms with Gasteiger partial charge in [0.1, 0.15) is 4.83 Å². The van der Waals surface area contributed by atoms with Gasteiger partial charge in [-0.15, -0.1) is 11.3 Å². The van der Waals surface area contributed by atoms with Crippen molar-refractivity contribution in [1.29, 1.82) is 0 Å². The molecule has 0 aliphatic rings. The molecule has 0 aliphatic carbocycles. The minimum atomic E-state index is 0.0319. The van der Waals surface area contributed by atoms with E-state index in [2.05, 4.69) is 9.97 Å². The lowest BCUT2D eigenvalue weighted by atomic mass is 10.1. The fourth-order valence-electron chi connectivity index (χ4n) is 2.29. The summed E-state index contributed by atoms with van der Waals surface area (Å²) in [6.45, 7) is 0. The van der Waals surface area contributed by atoms with E-state index in [0.29, 0.717) is 5.39 Å². The van der Waals surface area contributed by atoms with Gasteiger partial charge in [-0.05, 0) is 24.3 Å². The van der Waals surface area contributed by atoms with E-state index < -0.39 is 0 Å². The maximum atomic E-state index is 12.5. The first-order valence-electron chi connectivity index (χ1n) is 5.90.